The molecule has 0 radical (unpaired) electrons. The second kappa shape index (κ2) is 6.75. The van der Waals surface area contributed by atoms with Gasteiger partial charge < -0.3 is 0 Å². The van der Waals surface area contributed by atoms with E-state index in [1.54, 1.807) is 36.4 Å². The van der Waals surface area contributed by atoms with Gasteiger partial charge in [0.1, 0.15) is 0 Å². The Morgan fingerprint density at radius 3 is 2.26 bits per heavy atom. The molecule has 0 fully saturated rings. The maximum atomic E-state index is 12.0. The molecule has 0 bridgehead atoms. The number of hydrogen-bond donors (Lipinski definition) is 0. The summed E-state index contributed by atoms with van der Waals surface area (Å²) >= 11 is 17.9. The molecule has 1 aromatic heterocycles. The molecule has 0 aliphatic rings. The van der Waals surface area contributed by atoms with Crippen LogP contribution in [0.5, 0.6) is 0 Å². The van der Waals surface area contributed by atoms with Crippen LogP contribution in [0.1, 0.15) is 5.56 Å². The molecular formula is C17H11Cl3N2O. The van der Waals surface area contributed by atoms with E-state index in [4.69, 9.17) is 34.8 Å². The van der Waals surface area contributed by atoms with E-state index in [9.17, 15) is 4.79 Å². The number of nitrogens with zero attached hydrogens (tertiary/aromatic N) is 2. The molecule has 1 heterocycles. The van der Waals surface area contributed by atoms with Crippen molar-refractivity contribution in [2.24, 2.45) is 0 Å². The summed E-state index contributed by atoms with van der Waals surface area (Å²) in [4.78, 5) is 12.0. The van der Waals surface area contributed by atoms with Crippen LogP contribution in [0.15, 0.2) is 59.4 Å². The Balaban J connectivity index is 1.97. The summed E-state index contributed by atoms with van der Waals surface area (Å²) in [5.41, 5.74) is 2.14. The van der Waals surface area contributed by atoms with E-state index in [0.717, 1.165) is 11.1 Å². The minimum atomic E-state index is -0.200. The highest BCUT2D eigenvalue weighted by Gasteiger charge is 2.07. The molecular weight excluding hydrogens is 355 g/mol. The fraction of sp³-hybridized carbons (Fsp3) is 0.0588. The van der Waals surface area contributed by atoms with Crippen LogP contribution in [-0.4, -0.2) is 9.78 Å². The zero-order valence-electron chi connectivity index (χ0n) is 11.8. The highest BCUT2D eigenvalue weighted by Crippen LogP contribution is 2.22. The Kier molecular flexibility index (Phi) is 4.71. The van der Waals surface area contributed by atoms with Crippen LogP contribution in [0.4, 0.5) is 0 Å². The number of rotatable bonds is 3. The van der Waals surface area contributed by atoms with E-state index in [1.807, 2.05) is 12.1 Å². The molecule has 0 saturated heterocycles. The van der Waals surface area contributed by atoms with E-state index < -0.39 is 0 Å². The molecule has 0 amide bonds. The molecule has 3 rings (SSSR count). The quantitative estimate of drug-likeness (QED) is 0.660. The van der Waals surface area contributed by atoms with E-state index in [1.165, 1.54) is 10.7 Å². The number of aromatic nitrogens is 2. The summed E-state index contributed by atoms with van der Waals surface area (Å²) in [7, 11) is 0. The van der Waals surface area contributed by atoms with E-state index in [2.05, 4.69) is 5.10 Å². The molecule has 3 aromatic rings. The number of benzene rings is 2. The molecule has 116 valence electrons. The minimum Gasteiger partial charge on any atom is -0.268 e. The molecule has 0 N–H and O–H groups in total. The van der Waals surface area contributed by atoms with Gasteiger partial charge in [-0.3, -0.25) is 4.79 Å². The molecule has 0 aliphatic heterocycles. The normalized spacial score (nSPS) is 10.7. The maximum Gasteiger partial charge on any atom is 0.267 e. The second-order valence-electron chi connectivity index (χ2n) is 4.96. The van der Waals surface area contributed by atoms with Crippen molar-refractivity contribution in [3.63, 3.8) is 0 Å². The van der Waals surface area contributed by atoms with Crippen molar-refractivity contribution in [3.8, 4) is 11.3 Å². The summed E-state index contributed by atoms with van der Waals surface area (Å²) in [6.45, 7) is 0.274. The monoisotopic (exact) mass is 364 g/mol. The van der Waals surface area contributed by atoms with Gasteiger partial charge in [0.25, 0.3) is 5.56 Å². The Labute approximate surface area is 148 Å². The van der Waals surface area contributed by atoms with Crippen molar-refractivity contribution < 1.29 is 0 Å². The first kappa shape index (κ1) is 16.1. The van der Waals surface area contributed by atoms with Crippen LogP contribution >= 0.6 is 34.8 Å². The molecule has 0 saturated carbocycles. The van der Waals surface area contributed by atoms with Gasteiger partial charge in [-0.1, -0.05) is 53.0 Å². The third-order valence-corrected chi connectivity index (χ3v) is 4.18. The Morgan fingerprint density at radius 1 is 0.870 bits per heavy atom. The van der Waals surface area contributed by atoms with Gasteiger partial charge in [-0.05, 0) is 35.9 Å². The van der Waals surface area contributed by atoms with Gasteiger partial charge in [0, 0.05) is 26.7 Å². The van der Waals surface area contributed by atoms with Crippen LogP contribution in [-0.2, 0) is 6.54 Å². The first-order chi connectivity index (χ1) is 11.0. The third-order valence-electron chi connectivity index (χ3n) is 3.34. The average Bonchev–Trinajstić information content (AvgIpc) is 2.53. The van der Waals surface area contributed by atoms with Crippen molar-refractivity contribution in [2.45, 2.75) is 6.54 Å². The number of halogens is 3. The molecule has 0 aliphatic carbocycles. The summed E-state index contributed by atoms with van der Waals surface area (Å²) in [6, 6.07) is 15.6. The Morgan fingerprint density at radius 2 is 1.57 bits per heavy atom. The highest BCUT2D eigenvalue weighted by atomic mass is 35.5. The molecule has 6 heteroatoms. The van der Waals surface area contributed by atoms with Crippen LogP contribution in [0.25, 0.3) is 11.3 Å². The largest absolute Gasteiger partial charge is 0.268 e. The van der Waals surface area contributed by atoms with E-state index in [-0.39, 0.29) is 12.1 Å². The lowest BCUT2D eigenvalue weighted by atomic mass is 10.1. The lowest BCUT2D eigenvalue weighted by Gasteiger charge is -2.09. The summed E-state index contributed by atoms with van der Waals surface area (Å²) < 4.78 is 1.37. The zero-order valence-corrected chi connectivity index (χ0v) is 14.1. The first-order valence-electron chi connectivity index (χ1n) is 6.81. The van der Waals surface area contributed by atoms with Crippen LogP contribution in [0.2, 0.25) is 15.1 Å². The Hall–Kier alpha value is -1.81. The topological polar surface area (TPSA) is 34.9 Å². The molecule has 0 spiro atoms. The van der Waals surface area contributed by atoms with Crippen LogP contribution in [0, 0.1) is 0 Å². The van der Waals surface area contributed by atoms with Crippen molar-refractivity contribution in [3.05, 3.63) is 85.6 Å². The minimum absolute atomic E-state index is 0.200. The lowest BCUT2D eigenvalue weighted by molar-refractivity contribution is 0.643. The third kappa shape index (κ3) is 3.75. The predicted octanol–water partition coefficient (Wildman–Crippen LogP) is 4.92. The van der Waals surface area contributed by atoms with Gasteiger partial charge >= 0.3 is 0 Å². The SMILES string of the molecule is O=c1ccc(-c2ccc(Cl)cc2)nn1Cc1ccc(Cl)cc1Cl. The van der Waals surface area contributed by atoms with Gasteiger partial charge in [-0.2, -0.15) is 5.10 Å². The van der Waals surface area contributed by atoms with Crippen molar-refractivity contribution in [2.75, 3.05) is 0 Å². The fourth-order valence-electron chi connectivity index (χ4n) is 2.15. The zero-order chi connectivity index (χ0) is 16.4. The Bertz CT molecular complexity index is 904. The molecule has 0 atom stereocenters. The van der Waals surface area contributed by atoms with Crippen molar-refractivity contribution >= 4 is 34.8 Å². The molecule has 3 nitrogen and oxygen atoms in total. The first-order valence-corrected chi connectivity index (χ1v) is 7.94. The van der Waals surface area contributed by atoms with Gasteiger partial charge in [0.05, 0.1) is 12.2 Å². The van der Waals surface area contributed by atoms with Gasteiger partial charge in [0.2, 0.25) is 0 Å². The van der Waals surface area contributed by atoms with Gasteiger partial charge in [0.15, 0.2) is 0 Å². The summed E-state index contributed by atoms with van der Waals surface area (Å²) in [5, 5.41) is 6.10. The maximum absolute atomic E-state index is 12.0. The summed E-state index contributed by atoms with van der Waals surface area (Å²) in [6.07, 6.45) is 0. The summed E-state index contributed by atoms with van der Waals surface area (Å²) in [5.74, 6) is 0. The van der Waals surface area contributed by atoms with Gasteiger partial charge in [-0.25, -0.2) is 4.68 Å². The standard InChI is InChI=1S/C17H11Cl3N2O/c18-13-4-1-11(2-5-13)16-7-8-17(23)22(21-16)10-12-3-6-14(19)9-15(12)20/h1-9H,10H2. The van der Waals surface area contributed by atoms with Crippen molar-refractivity contribution in [1.29, 1.82) is 0 Å². The van der Waals surface area contributed by atoms with Crippen LogP contribution < -0.4 is 5.56 Å². The molecule has 23 heavy (non-hydrogen) atoms. The fourth-order valence-corrected chi connectivity index (χ4v) is 2.74. The smallest absolute Gasteiger partial charge is 0.267 e. The lowest BCUT2D eigenvalue weighted by Crippen LogP contribution is -2.23. The number of hydrogen-bond acceptors (Lipinski definition) is 2. The van der Waals surface area contributed by atoms with Gasteiger partial charge in [-0.15, -0.1) is 0 Å². The molecule has 0 unspecified atom stereocenters. The molecule has 2 aromatic carbocycles. The second-order valence-corrected chi connectivity index (χ2v) is 6.24. The van der Waals surface area contributed by atoms with Crippen molar-refractivity contribution in [1.82, 2.24) is 9.78 Å². The average molecular weight is 366 g/mol. The van der Waals surface area contributed by atoms with E-state index >= 15 is 0 Å². The van der Waals surface area contributed by atoms with Crippen LogP contribution in [0.3, 0.4) is 0 Å². The van der Waals surface area contributed by atoms with E-state index in [0.29, 0.717) is 20.8 Å². The highest BCUT2D eigenvalue weighted by molar-refractivity contribution is 6.35. The predicted molar refractivity (Wildman–Crippen MR) is 94.5 cm³/mol.